The molecule has 0 heterocycles. The number of nitrogens with two attached hydrogens (primary N) is 2. The third-order valence-electron chi connectivity index (χ3n) is 3.32. The Labute approximate surface area is 132 Å². The number of rotatable bonds is 8. The molecular formula is C18H24N2O2. The van der Waals surface area contributed by atoms with E-state index in [0.29, 0.717) is 11.4 Å². The van der Waals surface area contributed by atoms with Gasteiger partial charge in [-0.3, -0.25) is 0 Å². The monoisotopic (exact) mass is 300 g/mol. The van der Waals surface area contributed by atoms with Gasteiger partial charge in [0.15, 0.2) is 0 Å². The lowest BCUT2D eigenvalue weighted by Crippen LogP contribution is -2.24. The van der Waals surface area contributed by atoms with Gasteiger partial charge in [-0.25, -0.2) is 0 Å². The van der Waals surface area contributed by atoms with Gasteiger partial charge in [-0.05, 0) is 42.8 Å². The molecule has 1 unspecified atom stereocenters. The van der Waals surface area contributed by atoms with Crippen LogP contribution in [0.5, 0.6) is 11.5 Å². The van der Waals surface area contributed by atoms with E-state index < -0.39 is 0 Å². The molecule has 0 radical (unpaired) electrons. The van der Waals surface area contributed by atoms with E-state index in [2.05, 4.69) is 6.92 Å². The molecule has 0 aromatic heterocycles. The minimum Gasteiger partial charge on any atom is -0.455 e. The summed E-state index contributed by atoms with van der Waals surface area (Å²) in [4.78, 5) is 0. The molecule has 0 saturated carbocycles. The van der Waals surface area contributed by atoms with Crippen LogP contribution in [0.2, 0.25) is 0 Å². The molecule has 4 N–H and O–H groups in total. The molecule has 118 valence electrons. The van der Waals surface area contributed by atoms with Crippen molar-refractivity contribution in [2.75, 3.05) is 11.5 Å². The molecular weight excluding hydrogens is 276 g/mol. The van der Waals surface area contributed by atoms with Gasteiger partial charge in [0.1, 0.15) is 11.5 Å². The molecule has 0 aliphatic heterocycles. The number of unbranched alkanes of at least 4 members (excludes halogenated alkanes) is 2. The first-order valence-corrected chi connectivity index (χ1v) is 7.72. The molecule has 0 spiro atoms. The molecule has 4 heteroatoms. The summed E-state index contributed by atoms with van der Waals surface area (Å²) in [5, 5.41) is 0. The molecule has 0 aliphatic carbocycles. The third kappa shape index (κ3) is 5.20. The van der Waals surface area contributed by atoms with Crippen LogP contribution in [0.3, 0.4) is 0 Å². The number of ether oxygens (including phenoxy) is 2. The predicted molar refractivity (Wildman–Crippen MR) is 90.9 cm³/mol. The molecule has 0 amide bonds. The maximum absolute atomic E-state index is 5.94. The lowest BCUT2D eigenvalue weighted by Gasteiger charge is -2.21. The molecule has 1 atom stereocenters. The smallest absolute Gasteiger partial charge is 0.241 e. The van der Waals surface area contributed by atoms with Crippen LogP contribution in [0.4, 0.5) is 11.4 Å². The Morgan fingerprint density at radius 3 is 2.27 bits per heavy atom. The summed E-state index contributed by atoms with van der Waals surface area (Å²) >= 11 is 0. The Kier molecular flexibility index (Phi) is 5.95. The fourth-order valence-electron chi connectivity index (χ4n) is 2.14. The molecule has 0 fully saturated rings. The molecule has 2 aromatic rings. The number of benzene rings is 2. The fourth-order valence-corrected chi connectivity index (χ4v) is 2.14. The molecule has 0 saturated heterocycles. The van der Waals surface area contributed by atoms with Crippen molar-refractivity contribution in [1.29, 1.82) is 0 Å². The SMILES string of the molecule is CCCCCC(Oc1ccc(N)cc1)Oc1cccc(N)c1. The minimum absolute atomic E-state index is 0.336. The van der Waals surface area contributed by atoms with Crippen LogP contribution in [-0.4, -0.2) is 6.29 Å². The molecule has 2 aromatic carbocycles. The first kappa shape index (κ1) is 16.0. The lowest BCUT2D eigenvalue weighted by molar-refractivity contribution is -0.00230. The average Bonchev–Trinajstić information content (AvgIpc) is 2.50. The van der Waals surface area contributed by atoms with Gasteiger partial charge in [0.05, 0.1) is 0 Å². The second kappa shape index (κ2) is 8.17. The van der Waals surface area contributed by atoms with E-state index in [-0.39, 0.29) is 6.29 Å². The van der Waals surface area contributed by atoms with Crippen molar-refractivity contribution < 1.29 is 9.47 Å². The number of hydrogen-bond donors (Lipinski definition) is 2. The van der Waals surface area contributed by atoms with Gasteiger partial charge in [0.2, 0.25) is 6.29 Å². The molecule has 22 heavy (non-hydrogen) atoms. The Balaban J connectivity index is 2.02. The summed E-state index contributed by atoms with van der Waals surface area (Å²) in [6, 6.07) is 14.7. The van der Waals surface area contributed by atoms with Crippen molar-refractivity contribution in [3.8, 4) is 11.5 Å². The van der Waals surface area contributed by atoms with Gasteiger partial charge in [-0.1, -0.05) is 25.8 Å². The molecule has 4 nitrogen and oxygen atoms in total. The van der Waals surface area contributed by atoms with Gasteiger partial charge < -0.3 is 20.9 Å². The van der Waals surface area contributed by atoms with Crippen LogP contribution < -0.4 is 20.9 Å². The number of nitrogen functional groups attached to an aromatic ring is 2. The van der Waals surface area contributed by atoms with Crippen molar-refractivity contribution in [3.63, 3.8) is 0 Å². The summed E-state index contributed by atoms with van der Waals surface area (Å²) in [5.74, 6) is 1.47. The maximum atomic E-state index is 5.94. The van der Waals surface area contributed by atoms with Gasteiger partial charge in [-0.15, -0.1) is 0 Å². The van der Waals surface area contributed by atoms with E-state index in [1.54, 1.807) is 6.07 Å². The number of anilines is 2. The first-order chi connectivity index (χ1) is 10.7. The summed E-state index contributed by atoms with van der Waals surface area (Å²) in [6.07, 6.45) is 3.86. The van der Waals surface area contributed by atoms with E-state index in [0.717, 1.165) is 37.2 Å². The molecule has 0 aliphatic rings. The van der Waals surface area contributed by atoms with Gasteiger partial charge in [0, 0.05) is 23.9 Å². The lowest BCUT2D eigenvalue weighted by atomic mass is 10.2. The highest BCUT2D eigenvalue weighted by Gasteiger charge is 2.12. The highest BCUT2D eigenvalue weighted by atomic mass is 16.7. The fraction of sp³-hybridized carbons (Fsp3) is 0.333. The van der Waals surface area contributed by atoms with E-state index >= 15 is 0 Å². The van der Waals surface area contributed by atoms with E-state index in [4.69, 9.17) is 20.9 Å². The Hall–Kier alpha value is -2.36. The Morgan fingerprint density at radius 1 is 0.864 bits per heavy atom. The van der Waals surface area contributed by atoms with Crippen molar-refractivity contribution in [2.24, 2.45) is 0 Å². The standard InChI is InChI=1S/C18H24N2O2/c1-2-3-4-8-18(21-16-11-9-14(19)10-12-16)22-17-7-5-6-15(20)13-17/h5-7,9-13,18H,2-4,8,19-20H2,1H3. The number of hydrogen-bond acceptors (Lipinski definition) is 4. The normalized spacial score (nSPS) is 11.9. The van der Waals surface area contributed by atoms with E-state index in [1.165, 1.54) is 0 Å². The van der Waals surface area contributed by atoms with Crippen LogP contribution in [-0.2, 0) is 0 Å². The summed E-state index contributed by atoms with van der Waals surface area (Å²) < 4.78 is 11.9. The van der Waals surface area contributed by atoms with Crippen molar-refractivity contribution in [3.05, 3.63) is 48.5 Å². The van der Waals surface area contributed by atoms with Gasteiger partial charge in [0.25, 0.3) is 0 Å². The topological polar surface area (TPSA) is 70.5 Å². The van der Waals surface area contributed by atoms with Crippen LogP contribution in [0.1, 0.15) is 32.6 Å². The van der Waals surface area contributed by atoms with Crippen molar-refractivity contribution >= 4 is 11.4 Å². The highest BCUT2D eigenvalue weighted by Crippen LogP contribution is 2.22. The third-order valence-corrected chi connectivity index (χ3v) is 3.32. The minimum atomic E-state index is -0.336. The largest absolute Gasteiger partial charge is 0.455 e. The Bertz CT molecular complexity index is 570. The molecule has 0 bridgehead atoms. The van der Waals surface area contributed by atoms with Crippen LogP contribution in [0.15, 0.2) is 48.5 Å². The second-order valence-corrected chi connectivity index (χ2v) is 5.30. The second-order valence-electron chi connectivity index (χ2n) is 5.30. The molecule has 2 rings (SSSR count). The van der Waals surface area contributed by atoms with Gasteiger partial charge >= 0.3 is 0 Å². The van der Waals surface area contributed by atoms with Crippen molar-refractivity contribution in [1.82, 2.24) is 0 Å². The van der Waals surface area contributed by atoms with Crippen molar-refractivity contribution in [2.45, 2.75) is 38.9 Å². The quantitative estimate of drug-likeness (QED) is 0.435. The zero-order valence-corrected chi connectivity index (χ0v) is 13.0. The average molecular weight is 300 g/mol. The Morgan fingerprint density at radius 2 is 1.59 bits per heavy atom. The van der Waals surface area contributed by atoms with E-state index in [9.17, 15) is 0 Å². The van der Waals surface area contributed by atoms with Crippen LogP contribution >= 0.6 is 0 Å². The summed E-state index contributed by atoms with van der Waals surface area (Å²) in [6.45, 7) is 2.18. The van der Waals surface area contributed by atoms with Gasteiger partial charge in [-0.2, -0.15) is 0 Å². The zero-order chi connectivity index (χ0) is 15.8. The van der Waals surface area contributed by atoms with E-state index in [1.807, 2.05) is 42.5 Å². The highest BCUT2D eigenvalue weighted by molar-refractivity contribution is 5.44. The summed E-state index contributed by atoms with van der Waals surface area (Å²) in [5.41, 5.74) is 12.9. The van der Waals surface area contributed by atoms with Crippen LogP contribution in [0.25, 0.3) is 0 Å². The maximum Gasteiger partial charge on any atom is 0.241 e. The predicted octanol–water partition coefficient (Wildman–Crippen LogP) is 4.22. The first-order valence-electron chi connectivity index (χ1n) is 7.72. The van der Waals surface area contributed by atoms with Crippen LogP contribution in [0, 0.1) is 0 Å². The zero-order valence-electron chi connectivity index (χ0n) is 13.0. The summed E-state index contributed by atoms with van der Waals surface area (Å²) in [7, 11) is 0.